The molecule has 0 aliphatic carbocycles. The fourth-order valence-corrected chi connectivity index (χ4v) is 2.60. The van der Waals surface area contributed by atoms with Gasteiger partial charge in [-0.15, -0.1) is 0 Å². The van der Waals surface area contributed by atoms with Crippen LogP contribution < -0.4 is 10.6 Å². The fourth-order valence-electron chi connectivity index (χ4n) is 1.88. The van der Waals surface area contributed by atoms with E-state index in [2.05, 4.69) is 30.3 Å². The lowest BCUT2D eigenvalue weighted by molar-refractivity contribution is -0.384. The standard InChI is InChI=1S/C16H25N3O5Si/c1-5-14(18-16(21)24-10-11-25(2,3)4)15(20)17-12-6-8-13(9-7-12)19(22)23/h6-9,14H,5,10-11H2,1-4H3,(H,17,20)(H,18,21). The van der Waals surface area contributed by atoms with Crippen LogP contribution in [0.25, 0.3) is 0 Å². The molecule has 2 amide bonds. The maximum atomic E-state index is 12.2. The number of nitro benzene ring substituents is 1. The first-order chi connectivity index (χ1) is 11.6. The molecule has 0 aliphatic heterocycles. The zero-order chi connectivity index (χ0) is 19.0. The first-order valence-electron chi connectivity index (χ1n) is 8.11. The summed E-state index contributed by atoms with van der Waals surface area (Å²) in [5.74, 6) is -0.404. The van der Waals surface area contributed by atoms with Crippen LogP contribution in [0.1, 0.15) is 13.3 Å². The van der Waals surface area contributed by atoms with Gasteiger partial charge in [-0.3, -0.25) is 14.9 Å². The number of amides is 2. The Morgan fingerprint density at radius 3 is 2.32 bits per heavy atom. The first-order valence-corrected chi connectivity index (χ1v) is 11.8. The van der Waals surface area contributed by atoms with E-state index in [0.29, 0.717) is 18.7 Å². The lowest BCUT2D eigenvalue weighted by Crippen LogP contribution is -2.43. The summed E-state index contributed by atoms with van der Waals surface area (Å²) in [5, 5.41) is 15.8. The van der Waals surface area contributed by atoms with Crippen molar-refractivity contribution < 1.29 is 19.2 Å². The van der Waals surface area contributed by atoms with Crippen LogP contribution >= 0.6 is 0 Å². The van der Waals surface area contributed by atoms with Crippen LogP contribution in [-0.4, -0.2) is 37.6 Å². The normalized spacial score (nSPS) is 12.2. The van der Waals surface area contributed by atoms with Crippen molar-refractivity contribution in [3.05, 3.63) is 34.4 Å². The molecule has 0 radical (unpaired) electrons. The number of carbonyl (C=O) groups excluding carboxylic acids is 2. The van der Waals surface area contributed by atoms with Crippen LogP contribution in [0.15, 0.2) is 24.3 Å². The van der Waals surface area contributed by atoms with Crippen molar-refractivity contribution in [1.29, 1.82) is 0 Å². The molecular formula is C16H25N3O5Si. The monoisotopic (exact) mass is 367 g/mol. The smallest absolute Gasteiger partial charge is 0.407 e. The predicted octanol–water partition coefficient (Wildman–Crippen LogP) is 3.38. The number of carbonyl (C=O) groups is 2. The Morgan fingerprint density at radius 2 is 1.84 bits per heavy atom. The van der Waals surface area contributed by atoms with Gasteiger partial charge in [0.25, 0.3) is 5.69 Å². The Morgan fingerprint density at radius 1 is 1.24 bits per heavy atom. The maximum Gasteiger partial charge on any atom is 0.407 e. The Bertz CT molecular complexity index is 613. The van der Waals surface area contributed by atoms with Crippen molar-refractivity contribution in [2.45, 2.75) is 45.1 Å². The molecule has 1 atom stereocenters. The highest BCUT2D eigenvalue weighted by Gasteiger charge is 2.21. The van der Waals surface area contributed by atoms with Gasteiger partial charge in [-0.25, -0.2) is 4.79 Å². The molecule has 1 unspecified atom stereocenters. The number of hydrogen-bond acceptors (Lipinski definition) is 5. The summed E-state index contributed by atoms with van der Waals surface area (Å²) in [6, 6.07) is 5.59. The molecule has 1 aromatic rings. The summed E-state index contributed by atoms with van der Waals surface area (Å²) in [5.41, 5.74) is 0.358. The lowest BCUT2D eigenvalue weighted by atomic mass is 10.2. The Balaban J connectivity index is 2.53. The van der Waals surface area contributed by atoms with Crippen molar-refractivity contribution in [1.82, 2.24) is 5.32 Å². The average Bonchev–Trinajstić information content (AvgIpc) is 2.51. The van der Waals surface area contributed by atoms with E-state index < -0.39 is 31.0 Å². The molecule has 0 bridgehead atoms. The Labute approximate surface area is 148 Å². The Hall–Kier alpha value is -2.42. The zero-order valence-electron chi connectivity index (χ0n) is 15.0. The van der Waals surface area contributed by atoms with Gasteiger partial charge >= 0.3 is 6.09 Å². The van der Waals surface area contributed by atoms with Crippen molar-refractivity contribution in [3.63, 3.8) is 0 Å². The van der Waals surface area contributed by atoms with Gasteiger partial charge in [0.05, 0.1) is 11.5 Å². The largest absolute Gasteiger partial charge is 0.450 e. The summed E-state index contributed by atoms with van der Waals surface area (Å²) in [4.78, 5) is 34.1. The van der Waals surface area contributed by atoms with Crippen LogP contribution in [0.2, 0.25) is 25.7 Å². The summed E-state index contributed by atoms with van der Waals surface area (Å²) < 4.78 is 5.12. The number of nitrogens with zero attached hydrogens (tertiary/aromatic N) is 1. The quantitative estimate of drug-likeness (QED) is 0.416. The third-order valence-electron chi connectivity index (χ3n) is 3.45. The predicted molar refractivity (Wildman–Crippen MR) is 98.4 cm³/mol. The van der Waals surface area contributed by atoms with Crippen molar-refractivity contribution in [2.24, 2.45) is 0 Å². The molecule has 25 heavy (non-hydrogen) atoms. The maximum absolute atomic E-state index is 12.2. The second-order valence-corrected chi connectivity index (χ2v) is 12.5. The molecule has 0 saturated heterocycles. The molecule has 0 spiro atoms. The lowest BCUT2D eigenvalue weighted by Gasteiger charge is -2.18. The van der Waals surface area contributed by atoms with Crippen molar-refractivity contribution >= 4 is 31.4 Å². The van der Waals surface area contributed by atoms with E-state index in [1.54, 1.807) is 6.92 Å². The van der Waals surface area contributed by atoms with Crippen molar-refractivity contribution in [3.8, 4) is 0 Å². The SMILES string of the molecule is CCC(NC(=O)OCC[Si](C)(C)C)C(=O)Nc1ccc([N+](=O)[O-])cc1. The van der Waals surface area contributed by atoms with Gasteiger partial charge in [0.2, 0.25) is 5.91 Å². The van der Waals surface area contributed by atoms with E-state index in [1.165, 1.54) is 24.3 Å². The number of rotatable bonds is 8. The molecule has 0 aliphatic rings. The van der Waals surface area contributed by atoms with E-state index in [1.807, 2.05) is 0 Å². The molecule has 0 saturated carbocycles. The van der Waals surface area contributed by atoms with Gasteiger partial charge in [0.1, 0.15) is 6.04 Å². The molecule has 0 aromatic heterocycles. The molecule has 0 fully saturated rings. The van der Waals surface area contributed by atoms with Gasteiger partial charge in [-0.05, 0) is 24.6 Å². The molecule has 2 N–H and O–H groups in total. The average molecular weight is 367 g/mol. The number of nitro groups is 1. The van der Waals surface area contributed by atoms with Gasteiger partial charge in [-0.2, -0.15) is 0 Å². The van der Waals surface area contributed by atoms with Crippen LogP contribution in [0.5, 0.6) is 0 Å². The first kappa shape index (κ1) is 20.6. The minimum atomic E-state index is -1.29. The van der Waals surface area contributed by atoms with Gasteiger partial charge in [0, 0.05) is 25.9 Å². The Kier molecular flexibility index (Phi) is 7.56. The van der Waals surface area contributed by atoms with Gasteiger partial charge < -0.3 is 15.4 Å². The number of hydrogen-bond donors (Lipinski definition) is 2. The van der Waals surface area contributed by atoms with Gasteiger partial charge in [0.15, 0.2) is 0 Å². The molecule has 9 heteroatoms. The number of anilines is 1. The number of nitrogens with one attached hydrogen (secondary N) is 2. The molecule has 8 nitrogen and oxygen atoms in total. The molecule has 0 heterocycles. The highest BCUT2D eigenvalue weighted by Crippen LogP contribution is 2.15. The summed E-state index contributed by atoms with van der Waals surface area (Å²) in [7, 11) is -1.29. The van der Waals surface area contributed by atoms with E-state index in [9.17, 15) is 19.7 Å². The number of alkyl carbamates (subject to hydrolysis) is 1. The molecule has 138 valence electrons. The summed E-state index contributed by atoms with van der Waals surface area (Å²) >= 11 is 0. The molecule has 1 rings (SSSR count). The van der Waals surface area contributed by atoms with Crippen molar-refractivity contribution in [2.75, 3.05) is 11.9 Å². The second kappa shape index (κ2) is 9.16. The van der Waals surface area contributed by atoms with E-state index >= 15 is 0 Å². The molecule has 1 aromatic carbocycles. The van der Waals surface area contributed by atoms with Crippen LogP contribution in [0.3, 0.4) is 0 Å². The van der Waals surface area contributed by atoms with E-state index in [0.717, 1.165) is 6.04 Å². The third-order valence-corrected chi connectivity index (χ3v) is 5.15. The number of benzene rings is 1. The number of ether oxygens (including phenoxy) is 1. The van der Waals surface area contributed by atoms with E-state index in [-0.39, 0.29) is 5.69 Å². The second-order valence-electron chi connectivity index (χ2n) is 6.84. The van der Waals surface area contributed by atoms with Crippen LogP contribution in [-0.2, 0) is 9.53 Å². The summed E-state index contributed by atoms with van der Waals surface area (Å²) in [6.45, 7) is 8.65. The number of non-ortho nitro benzene ring substituents is 1. The van der Waals surface area contributed by atoms with Gasteiger partial charge in [-0.1, -0.05) is 26.6 Å². The fraction of sp³-hybridized carbons (Fsp3) is 0.500. The summed E-state index contributed by atoms with van der Waals surface area (Å²) in [6.07, 6.45) is -0.231. The molecular weight excluding hydrogens is 342 g/mol. The topological polar surface area (TPSA) is 111 Å². The zero-order valence-corrected chi connectivity index (χ0v) is 16.0. The van der Waals surface area contributed by atoms with E-state index in [4.69, 9.17) is 4.74 Å². The minimum absolute atomic E-state index is 0.0610. The third kappa shape index (κ3) is 7.79. The van der Waals surface area contributed by atoms with Crippen LogP contribution in [0, 0.1) is 10.1 Å². The highest BCUT2D eigenvalue weighted by molar-refractivity contribution is 6.76. The van der Waals surface area contributed by atoms with Crippen LogP contribution in [0.4, 0.5) is 16.2 Å². The minimum Gasteiger partial charge on any atom is -0.450 e. The highest BCUT2D eigenvalue weighted by atomic mass is 28.3.